The quantitative estimate of drug-likeness (QED) is 0.558. The molecule has 6 nitrogen and oxygen atoms in total. The van der Waals surface area contributed by atoms with Crippen LogP contribution in [0.5, 0.6) is 5.75 Å². The number of halogens is 2. The molecule has 1 saturated heterocycles. The molecule has 0 amide bonds. The number of hydrogen-bond donors (Lipinski definition) is 3. The zero-order valence-electron chi connectivity index (χ0n) is 18.2. The van der Waals surface area contributed by atoms with Gasteiger partial charge in [0.2, 0.25) is 5.96 Å². The van der Waals surface area contributed by atoms with E-state index in [1.54, 1.807) is 12.1 Å². The molecule has 0 aliphatic carbocycles. The van der Waals surface area contributed by atoms with Gasteiger partial charge in [-0.2, -0.15) is 0 Å². The van der Waals surface area contributed by atoms with Crippen molar-refractivity contribution in [1.29, 1.82) is 0 Å². The highest BCUT2D eigenvalue weighted by molar-refractivity contribution is 6.42. The number of nitrogens with two attached hydrogens (primary N) is 1. The SMILES string of the molecule is CC1=CC(N)(CCN2CCC(Oc3ccc(Cl)c(Cl)c3)CC2)N=C(Nc2ccccc2)N1. The lowest BCUT2D eigenvalue weighted by Gasteiger charge is -2.35. The first kappa shape index (κ1) is 22.9. The minimum Gasteiger partial charge on any atom is -0.490 e. The van der Waals surface area contributed by atoms with Crippen molar-refractivity contribution in [3.63, 3.8) is 0 Å². The first-order valence-electron chi connectivity index (χ1n) is 10.9. The second-order valence-corrected chi connectivity index (χ2v) is 9.19. The Morgan fingerprint density at radius 1 is 1.16 bits per heavy atom. The van der Waals surface area contributed by atoms with Crippen LogP contribution in [0.1, 0.15) is 26.2 Å². The van der Waals surface area contributed by atoms with Gasteiger partial charge in [-0.3, -0.25) is 0 Å². The van der Waals surface area contributed by atoms with Gasteiger partial charge < -0.3 is 26.0 Å². The number of nitrogens with one attached hydrogen (secondary N) is 2. The van der Waals surface area contributed by atoms with Crippen molar-refractivity contribution in [3.8, 4) is 5.75 Å². The predicted molar refractivity (Wildman–Crippen MR) is 132 cm³/mol. The van der Waals surface area contributed by atoms with Crippen molar-refractivity contribution in [2.24, 2.45) is 10.7 Å². The molecule has 1 unspecified atom stereocenters. The van der Waals surface area contributed by atoms with Crippen LogP contribution in [-0.2, 0) is 0 Å². The third-order valence-corrected chi connectivity index (χ3v) is 6.43. The molecule has 2 aromatic carbocycles. The maximum absolute atomic E-state index is 6.65. The summed E-state index contributed by atoms with van der Waals surface area (Å²) in [7, 11) is 0. The normalized spacial score (nSPS) is 22.0. The number of ether oxygens (including phenoxy) is 1. The average Bonchev–Trinajstić information content (AvgIpc) is 2.76. The first-order valence-corrected chi connectivity index (χ1v) is 11.7. The molecule has 170 valence electrons. The standard InChI is InChI=1S/C24H29Cl2N5O/c1-17-16-24(27,30-23(28-17)29-18-5-3-2-4-6-18)11-14-31-12-9-19(10-13-31)32-20-7-8-21(25)22(26)15-20/h2-8,15-16,19H,9-14,27H2,1H3,(H2,28,29,30). The van der Waals surface area contributed by atoms with Crippen LogP contribution in [0.15, 0.2) is 65.3 Å². The molecule has 4 N–H and O–H groups in total. The van der Waals surface area contributed by atoms with Gasteiger partial charge in [-0.15, -0.1) is 0 Å². The van der Waals surface area contributed by atoms with E-state index in [2.05, 4.69) is 15.5 Å². The Morgan fingerprint density at radius 2 is 1.91 bits per heavy atom. The molecule has 0 bridgehead atoms. The monoisotopic (exact) mass is 473 g/mol. The Kier molecular flexibility index (Phi) is 7.26. The molecule has 0 aromatic heterocycles. The number of likely N-dealkylation sites (tertiary alicyclic amines) is 1. The topological polar surface area (TPSA) is 74.9 Å². The molecule has 0 saturated carbocycles. The Balaban J connectivity index is 1.28. The van der Waals surface area contributed by atoms with E-state index in [4.69, 9.17) is 38.7 Å². The Labute approximate surface area is 199 Å². The molecule has 1 fully saturated rings. The number of anilines is 1. The van der Waals surface area contributed by atoms with Crippen LogP contribution in [0.3, 0.4) is 0 Å². The number of rotatable bonds is 6. The molecule has 4 rings (SSSR count). The van der Waals surface area contributed by atoms with E-state index in [1.807, 2.05) is 49.4 Å². The highest BCUT2D eigenvalue weighted by Gasteiger charge is 2.28. The molecule has 1 atom stereocenters. The van der Waals surface area contributed by atoms with Crippen LogP contribution in [0, 0.1) is 0 Å². The number of nitrogens with zero attached hydrogens (tertiary/aromatic N) is 2. The van der Waals surface area contributed by atoms with Crippen LogP contribution in [0.2, 0.25) is 10.0 Å². The van der Waals surface area contributed by atoms with Gasteiger partial charge in [0.25, 0.3) is 0 Å². The number of piperidine rings is 1. The Hall–Kier alpha value is -2.25. The first-order chi connectivity index (χ1) is 15.4. The summed E-state index contributed by atoms with van der Waals surface area (Å²) in [4.78, 5) is 7.18. The summed E-state index contributed by atoms with van der Waals surface area (Å²) in [5.74, 6) is 1.44. The van der Waals surface area contributed by atoms with Gasteiger partial charge in [-0.1, -0.05) is 41.4 Å². The van der Waals surface area contributed by atoms with Crippen molar-refractivity contribution in [2.75, 3.05) is 25.0 Å². The Morgan fingerprint density at radius 3 is 2.62 bits per heavy atom. The number of allylic oxidation sites excluding steroid dienone is 1. The van der Waals surface area contributed by atoms with Gasteiger partial charge >= 0.3 is 0 Å². The molecule has 0 spiro atoms. The smallest absolute Gasteiger partial charge is 0.202 e. The molecule has 0 radical (unpaired) electrons. The van der Waals surface area contributed by atoms with Gasteiger partial charge in [0.1, 0.15) is 17.5 Å². The predicted octanol–water partition coefficient (Wildman–Crippen LogP) is 4.86. The highest BCUT2D eigenvalue weighted by atomic mass is 35.5. The second-order valence-electron chi connectivity index (χ2n) is 8.38. The molecule has 8 heteroatoms. The van der Waals surface area contributed by atoms with Gasteiger partial charge in [0, 0.05) is 43.5 Å². The fraction of sp³-hybridized carbons (Fsp3) is 0.375. The molecular weight excluding hydrogens is 445 g/mol. The van der Waals surface area contributed by atoms with Crippen LogP contribution in [0.25, 0.3) is 0 Å². The number of aliphatic imine (C=N–C) groups is 1. The number of benzene rings is 2. The Bertz CT molecular complexity index is 989. The van der Waals surface area contributed by atoms with Gasteiger partial charge in [-0.05, 0) is 50.1 Å². The lowest BCUT2D eigenvalue weighted by Crippen LogP contribution is -2.48. The fourth-order valence-corrected chi connectivity index (χ4v) is 4.33. The zero-order valence-corrected chi connectivity index (χ0v) is 19.7. The van der Waals surface area contributed by atoms with E-state index < -0.39 is 5.66 Å². The largest absolute Gasteiger partial charge is 0.490 e. The highest BCUT2D eigenvalue weighted by Crippen LogP contribution is 2.28. The van der Waals surface area contributed by atoms with Crippen molar-refractivity contribution in [1.82, 2.24) is 10.2 Å². The van der Waals surface area contributed by atoms with Crippen molar-refractivity contribution in [3.05, 3.63) is 70.3 Å². The number of hydrogen-bond acceptors (Lipinski definition) is 6. The summed E-state index contributed by atoms with van der Waals surface area (Å²) in [6, 6.07) is 15.4. The van der Waals surface area contributed by atoms with Crippen LogP contribution >= 0.6 is 23.2 Å². The average molecular weight is 474 g/mol. The summed E-state index contributed by atoms with van der Waals surface area (Å²) in [5, 5.41) is 7.63. The lowest BCUT2D eigenvalue weighted by atomic mass is 10.0. The summed E-state index contributed by atoms with van der Waals surface area (Å²) in [6.45, 7) is 4.81. The van der Waals surface area contributed by atoms with Gasteiger partial charge in [0.15, 0.2) is 0 Å². The van der Waals surface area contributed by atoms with E-state index in [9.17, 15) is 0 Å². The van der Waals surface area contributed by atoms with Crippen molar-refractivity contribution in [2.45, 2.75) is 38.0 Å². The summed E-state index contributed by atoms with van der Waals surface area (Å²) in [6.07, 6.45) is 4.83. The second kappa shape index (κ2) is 10.1. The molecule has 2 heterocycles. The van der Waals surface area contributed by atoms with E-state index in [0.717, 1.165) is 56.0 Å². The number of para-hydroxylation sites is 1. The molecule has 32 heavy (non-hydrogen) atoms. The molecular formula is C24H29Cl2N5O. The summed E-state index contributed by atoms with van der Waals surface area (Å²) < 4.78 is 6.10. The molecule has 2 aliphatic rings. The summed E-state index contributed by atoms with van der Waals surface area (Å²) in [5.41, 5.74) is 7.88. The maximum Gasteiger partial charge on any atom is 0.202 e. The fourth-order valence-electron chi connectivity index (χ4n) is 4.04. The van der Waals surface area contributed by atoms with Crippen LogP contribution in [-0.4, -0.2) is 42.3 Å². The van der Waals surface area contributed by atoms with Gasteiger partial charge in [0.05, 0.1) is 10.0 Å². The molecule has 2 aromatic rings. The van der Waals surface area contributed by atoms with E-state index in [-0.39, 0.29) is 6.10 Å². The van der Waals surface area contributed by atoms with E-state index in [0.29, 0.717) is 16.0 Å². The van der Waals surface area contributed by atoms with E-state index in [1.165, 1.54) is 0 Å². The van der Waals surface area contributed by atoms with Crippen LogP contribution < -0.4 is 21.1 Å². The minimum atomic E-state index is -0.736. The lowest BCUT2D eigenvalue weighted by molar-refractivity contribution is 0.0973. The van der Waals surface area contributed by atoms with Crippen molar-refractivity contribution >= 4 is 34.8 Å². The maximum atomic E-state index is 6.65. The third kappa shape index (κ3) is 6.17. The van der Waals surface area contributed by atoms with E-state index >= 15 is 0 Å². The van der Waals surface area contributed by atoms with Crippen LogP contribution in [0.4, 0.5) is 5.69 Å². The zero-order chi connectivity index (χ0) is 22.6. The number of guanidine groups is 1. The third-order valence-electron chi connectivity index (χ3n) is 5.70. The molecule has 2 aliphatic heterocycles. The van der Waals surface area contributed by atoms with Gasteiger partial charge in [-0.25, -0.2) is 4.99 Å². The van der Waals surface area contributed by atoms with Crippen molar-refractivity contribution < 1.29 is 4.74 Å². The minimum absolute atomic E-state index is 0.177. The summed E-state index contributed by atoms with van der Waals surface area (Å²) >= 11 is 12.1.